The van der Waals surface area contributed by atoms with Gasteiger partial charge in [0.05, 0.1) is 0 Å². The van der Waals surface area contributed by atoms with Crippen LogP contribution in [0.4, 0.5) is 11.4 Å². The van der Waals surface area contributed by atoms with Gasteiger partial charge in [-0.2, -0.15) is 0 Å². The number of rotatable bonds is 6. The van der Waals surface area contributed by atoms with Crippen LogP contribution in [0.15, 0.2) is 18.2 Å². The summed E-state index contributed by atoms with van der Waals surface area (Å²) in [4.78, 5) is 0. The molecule has 0 aliphatic carbocycles. The Morgan fingerprint density at radius 1 is 1.53 bits per heavy atom. The van der Waals surface area contributed by atoms with Gasteiger partial charge >= 0.3 is 0 Å². The summed E-state index contributed by atoms with van der Waals surface area (Å²) in [7, 11) is 0. The smallest absolute Gasteiger partial charge is 0.232 e. The largest absolute Gasteiger partial charge is 0.399 e. The lowest BCUT2D eigenvalue weighted by Gasteiger charge is -2.14. The number of hydrogen-bond donors (Lipinski definition) is 4. The summed E-state index contributed by atoms with van der Waals surface area (Å²) < 4.78 is 21.7. The van der Waals surface area contributed by atoms with Crippen molar-refractivity contribution >= 4 is 22.6 Å². The second kappa shape index (κ2) is 6.58. The molecule has 0 aromatic heterocycles. The molecule has 2 unspecified atom stereocenters. The Bertz CT molecular complexity index is 398. The highest BCUT2D eigenvalue weighted by atomic mass is 32.2. The van der Waals surface area contributed by atoms with E-state index in [4.69, 9.17) is 10.3 Å². The third-order valence-corrected chi connectivity index (χ3v) is 3.04. The molecule has 96 valence electrons. The first-order chi connectivity index (χ1) is 8.02. The monoisotopic (exact) mass is 257 g/mol. The molecule has 0 fully saturated rings. The van der Waals surface area contributed by atoms with E-state index < -0.39 is 11.3 Å². The van der Waals surface area contributed by atoms with Crippen molar-refractivity contribution in [2.75, 3.05) is 17.6 Å². The molecule has 0 aliphatic heterocycles. The average molecular weight is 257 g/mol. The van der Waals surface area contributed by atoms with Crippen molar-refractivity contribution < 1.29 is 8.76 Å². The van der Waals surface area contributed by atoms with Crippen molar-refractivity contribution in [2.45, 2.75) is 26.3 Å². The number of nitrogen functional groups attached to an aromatic ring is 1. The van der Waals surface area contributed by atoms with Crippen molar-refractivity contribution in [1.82, 2.24) is 4.72 Å². The minimum Gasteiger partial charge on any atom is -0.399 e. The zero-order chi connectivity index (χ0) is 12.8. The average Bonchev–Trinajstić information content (AvgIpc) is 2.27. The minimum atomic E-state index is -1.97. The standard InChI is InChI=1S/C11H19N3O2S/c1-3-9-6-10(4-5-11(9)12)13-7-8(2)14-17(15)16/h4-6,8,13-14H,3,7,12H2,1-2H3,(H,15,16). The molecule has 6 heteroatoms. The number of nitrogens with one attached hydrogen (secondary N) is 2. The third-order valence-electron chi connectivity index (χ3n) is 2.44. The zero-order valence-electron chi connectivity index (χ0n) is 10.1. The Balaban J connectivity index is 2.54. The molecule has 2 atom stereocenters. The van der Waals surface area contributed by atoms with Crippen LogP contribution in [-0.4, -0.2) is 21.3 Å². The number of aryl methyl sites for hydroxylation is 1. The van der Waals surface area contributed by atoms with Crippen LogP contribution in [0, 0.1) is 0 Å². The normalized spacial score (nSPS) is 14.3. The summed E-state index contributed by atoms with van der Waals surface area (Å²) in [5.41, 5.74) is 8.67. The maximum absolute atomic E-state index is 10.5. The predicted octanol–water partition coefficient (Wildman–Crippen LogP) is 1.36. The highest BCUT2D eigenvalue weighted by Crippen LogP contribution is 2.18. The lowest BCUT2D eigenvalue weighted by atomic mass is 10.1. The van der Waals surface area contributed by atoms with Crippen LogP contribution in [0.3, 0.4) is 0 Å². The van der Waals surface area contributed by atoms with E-state index in [1.165, 1.54) is 0 Å². The van der Waals surface area contributed by atoms with E-state index in [0.29, 0.717) is 6.54 Å². The van der Waals surface area contributed by atoms with Crippen LogP contribution in [0.1, 0.15) is 19.4 Å². The molecular weight excluding hydrogens is 238 g/mol. The van der Waals surface area contributed by atoms with Crippen LogP contribution in [0.5, 0.6) is 0 Å². The fraction of sp³-hybridized carbons (Fsp3) is 0.455. The molecule has 0 heterocycles. The van der Waals surface area contributed by atoms with Gasteiger partial charge in [-0.1, -0.05) is 6.92 Å². The van der Waals surface area contributed by atoms with Crippen molar-refractivity contribution in [2.24, 2.45) is 0 Å². The molecule has 1 aromatic rings. The summed E-state index contributed by atoms with van der Waals surface area (Å²) in [6.07, 6.45) is 0.885. The van der Waals surface area contributed by atoms with Gasteiger partial charge < -0.3 is 11.1 Å². The molecule has 5 nitrogen and oxygen atoms in total. The molecule has 1 rings (SSSR count). The van der Waals surface area contributed by atoms with Gasteiger partial charge in [0.1, 0.15) is 0 Å². The van der Waals surface area contributed by atoms with E-state index in [9.17, 15) is 4.21 Å². The molecule has 0 amide bonds. The first-order valence-electron chi connectivity index (χ1n) is 5.52. The van der Waals surface area contributed by atoms with Gasteiger partial charge in [-0.15, -0.1) is 0 Å². The van der Waals surface area contributed by atoms with Gasteiger partial charge in [-0.3, -0.25) is 4.55 Å². The second-order valence-corrected chi connectivity index (χ2v) is 4.65. The van der Waals surface area contributed by atoms with Crippen LogP contribution in [0.25, 0.3) is 0 Å². The van der Waals surface area contributed by atoms with Crippen molar-refractivity contribution in [3.05, 3.63) is 23.8 Å². The number of benzene rings is 1. The van der Waals surface area contributed by atoms with Gasteiger partial charge in [0.25, 0.3) is 0 Å². The van der Waals surface area contributed by atoms with Crippen LogP contribution in [0.2, 0.25) is 0 Å². The van der Waals surface area contributed by atoms with Crippen LogP contribution in [-0.2, 0) is 17.7 Å². The number of hydrogen-bond acceptors (Lipinski definition) is 3. The Kier molecular flexibility index (Phi) is 5.40. The van der Waals surface area contributed by atoms with Crippen molar-refractivity contribution in [3.8, 4) is 0 Å². The first kappa shape index (κ1) is 14.0. The van der Waals surface area contributed by atoms with E-state index in [-0.39, 0.29) is 6.04 Å². The van der Waals surface area contributed by atoms with Gasteiger partial charge in [-0.25, -0.2) is 8.93 Å². The van der Waals surface area contributed by atoms with Gasteiger partial charge in [-0.05, 0) is 37.1 Å². The van der Waals surface area contributed by atoms with E-state index >= 15 is 0 Å². The van der Waals surface area contributed by atoms with Gasteiger partial charge in [0.2, 0.25) is 11.3 Å². The number of nitrogens with two attached hydrogens (primary N) is 1. The molecule has 0 bridgehead atoms. The summed E-state index contributed by atoms with van der Waals surface area (Å²) >= 11 is -1.97. The van der Waals surface area contributed by atoms with E-state index in [0.717, 1.165) is 23.4 Å². The number of anilines is 2. The molecule has 5 N–H and O–H groups in total. The second-order valence-electron chi connectivity index (χ2n) is 3.92. The molecule has 0 spiro atoms. The Morgan fingerprint density at radius 2 is 2.24 bits per heavy atom. The molecule has 17 heavy (non-hydrogen) atoms. The highest BCUT2D eigenvalue weighted by molar-refractivity contribution is 7.77. The Labute approximate surface area is 104 Å². The van der Waals surface area contributed by atoms with Crippen molar-refractivity contribution in [3.63, 3.8) is 0 Å². The zero-order valence-corrected chi connectivity index (χ0v) is 10.9. The van der Waals surface area contributed by atoms with Crippen LogP contribution < -0.4 is 15.8 Å². The lowest BCUT2D eigenvalue weighted by molar-refractivity contribution is 0.535. The van der Waals surface area contributed by atoms with E-state index in [1.807, 2.05) is 25.1 Å². The topological polar surface area (TPSA) is 87.4 Å². The highest BCUT2D eigenvalue weighted by Gasteiger charge is 2.04. The molecular formula is C11H19N3O2S. The molecule has 0 radical (unpaired) electrons. The fourth-order valence-corrected chi connectivity index (χ4v) is 1.93. The van der Waals surface area contributed by atoms with E-state index in [2.05, 4.69) is 17.0 Å². The van der Waals surface area contributed by atoms with E-state index in [1.54, 1.807) is 0 Å². The lowest BCUT2D eigenvalue weighted by Crippen LogP contribution is -2.33. The molecule has 0 saturated carbocycles. The summed E-state index contributed by atoms with van der Waals surface area (Å²) in [6.45, 7) is 4.45. The Morgan fingerprint density at radius 3 is 2.82 bits per heavy atom. The molecule has 0 aliphatic rings. The molecule has 0 saturated heterocycles. The first-order valence-corrected chi connectivity index (χ1v) is 6.63. The maximum atomic E-state index is 10.5. The Hall–Kier alpha value is -1.11. The van der Waals surface area contributed by atoms with Crippen molar-refractivity contribution in [1.29, 1.82) is 0 Å². The predicted molar refractivity (Wildman–Crippen MR) is 72.1 cm³/mol. The van der Waals surface area contributed by atoms with Crippen LogP contribution >= 0.6 is 0 Å². The molecule has 1 aromatic carbocycles. The summed E-state index contributed by atoms with van der Waals surface area (Å²) in [6, 6.07) is 5.67. The quantitative estimate of drug-likeness (QED) is 0.458. The SMILES string of the molecule is CCc1cc(NCC(C)NS(=O)O)ccc1N. The fourth-order valence-electron chi connectivity index (χ4n) is 1.51. The summed E-state index contributed by atoms with van der Waals surface area (Å²) in [5.74, 6) is 0. The van der Waals surface area contributed by atoms with Gasteiger partial charge in [0.15, 0.2) is 0 Å². The third kappa shape index (κ3) is 4.72. The van der Waals surface area contributed by atoms with Gasteiger partial charge in [0, 0.05) is 24.0 Å². The minimum absolute atomic E-state index is 0.0940. The maximum Gasteiger partial charge on any atom is 0.232 e. The summed E-state index contributed by atoms with van der Waals surface area (Å²) in [5, 5.41) is 3.19.